The van der Waals surface area contributed by atoms with E-state index in [1.807, 2.05) is 0 Å². The second-order valence-corrected chi connectivity index (χ2v) is 4.73. The van der Waals surface area contributed by atoms with Gasteiger partial charge in [-0.25, -0.2) is 0 Å². The second kappa shape index (κ2) is 5.14. The lowest BCUT2D eigenvalue weighted by Gasteiger charge is -2.37. The molecule has 0 saturated heterocycles. The zero-order chi connectivity index (χ0) is 12.3. The fourth-order valence-corrected chi connectivity index (χ4v) is 2.22. The lowest BCUT2D eigenvalue weighted by molar-refractivity contribution is -0.0858. The van der Waals surface area contributed by atoms with Crippen LogP contribution in [-0.4, -0.2) is 29.8 Å². The van der Waals surface area contributed by atoms with Gasteiger partial charge in [0.15, 0.2) is 0 Å². The molecular formula is C12H21N3O2. The van der Waals surface area contributed by atoms with Gasteiger partial charge in [-0.2, -0.15) is 4.98 Å². The number of aromatic nitrogens is 2. The minimum Gasteiger partial charge on any atom is -0.370 e. The highest BCUT2D eigenvalue weighted by Crippen LogP contribution is 2.42. The van der Waals surface area contributed by atoms with Crippen molar-refractivity contribution in [2.75, 3.05) is 13.7 Å². The number of ether oxygens (including phenoxy) is 1. The molecule has 0 spiro atoms. The van der Waals surface area contributed by atoms with Crippen molar-refractivity contribution in [1.82, 2.24) is 15.5 Å². The van der Waals surface area contributed by atoms with Gasteiger partial charge in [0.2, 0.25) is 11.7 Å². The van der Waals surface area contributed by atoms with E-state index < -0.39 is 0 Å². The summed E-state index contributed by atoms with van der Waals surface area (Å²) in [7, 11) is 1.72. The first-order valence-corrected chi connectivity index (χ1v) is 6.32. The molecule has 5 nitrogen and oxygen atoms in total. The Bertz CT molecular complexity index is 355. The predicted octanol–water partition coefficient (Wildman–Crippen LogP) is 1.64. The highest BCUT2D eigenvalue weighted by molar-refractivity contribution is 5.06. The molecule has 0 aromatic carbocycles. The highest BCUT2D eigenvalue weighted by atomic mass is 16.5. The van der Waals surface area contributed by atoms with E-state index in [1.54, 1.807) is 7.11 Å². The molecule has 1 N–H and O–H groups in total. The highest BCUT2D eigenvalue weighted by Gasteiger charge is 2.43. The third-order valence-electron chi connectivity index (χ3n) is 3.46. The van der Waals surface area contributed by atoms with Crippen LogP contribution < -0.4 is 5.32 Å². The lowest BCUT2D eigenvalue weighted by Crippen LogP contribution is -2.37. The van der Waals surface area contributed by atoms with E-state index in [4.69, 9.17) is 9.26 Å². The Hall–Kier alpha value is -0.940. The van der Waals surface area contributed by atoms with E-state index in [0.29, 0.717) is 17.8 Å². The number of rotatable bonds is 6. The Morgan fingerprint density at radius 1 is 1.53 bits per heavy atom. The molecule has 1 atom stereocenters. The smallest absolute Gasteiger partial charge is 0.228 e. The molecule has 1 aliphatic rings. The number of hydrogen-bond donors (Lipinski definition) is 1. The number of likely N-dealkylation sites (N-methyl/N-ethyl adjacent to an activating group) is 1. The maximum Gasteiger partial charge on any atom is 0.228 e. The number of nitrogens with one attached hydrogen (secondary N) is 1. The summed E-state index contributed by atoms with van der Waals surface area (Å²) in [5.41, 5.74) is -0.275. The summed E-state index contributed by atoms with van der Waals surface area (Å²) >= 11 is 0. The van der Waals surface area contributed by atoms with Crippen molar-refractivity contribution < 1.29 is 9.26 Å². The zero-order valence-corrected chi connectivity index (χ0v) is 10.8. The minimum absolute atomic E-state index is 0.275. The topological polar surface area (TPSA) is 60.2 Å². The molecule has 0 amide bonds. The van der Waals surface area contributed by atoms with Crippen LogP contribution in [0.3, 0.4) is 0 Å². The Labute approximate surface area is 102 Å². The molecule has 1 fully saturated rings. The van der Waals surface area contributed by atoms with Crippen molar-refractivity contribution in [1.29, 1.82) is 0 Å². The Morgan fingerprint density at radius 2 is 2.29 bits per heavy atom. The maximum absolute atomic E-state index is 5.53. The molecule has 1 aromatic heterocycles. The standard InChI is InChI=1S/C12H21N3O2/c1-4-13-9(2)8-10-14-11(15-17-10)12(16-3)6-5-7-12/h9,13H,4-8H2,1-3H3. The van der Waals surface area contributed by atoms with Crippen LogP contribution in [0, 0.1) is 0 Å². The van der Waals surface area contributed by atoms with E-state index in [-0.39, 0.29) is 5.60 Å². The van der Waals surface area contributed by atoms with Gasteiger partial charge in [-0.15, -0.1) is 0 Å². The van der Waals surface area contributed by atoms with Gasteiger partial charge >= 0.3 is 0 Å². The van der Waals surface area contributed by atoms with E-state index in [1.165, 1.54) is 6.42 Å². The molecule has 1 saturated carbocycles. The molecule has 1 heterocycles. The van der Waals surface area contributed by atoms with Gasteiger partial charge in [-0.1, -0.05) is 12.1 Å². The van der Waals surface area contributed by atoms with Crippen molar-refractivity contribution in [3.63, 3.8) is 0 Å². The van der Waals surface area contributed by atoms with Gasteiger partial charge in [0.05, 0.1) is 0 Å². The minimum atomic E-state index is -0.275. The van der Waals surface area contributed by atoms with Crippen LogP contribution in [0.4, 0.5) is 0 Å². The monoisotopic (exact) mass is 239 g/mol. The van der Waals surface area contributed by atoms with Gasteiger partial charge in [-0.3, -0.25) is 0 Å². The first kappa shape index (κ1) is 12.5. The molecule has 5 heteroatoms. The third-order valence-corrected chi connectivity index (χ3v) is 3.46. The Morgan fingerprint density at radius 3 is 2.82 bits per heavy atom. The molecule has 1 aliphatic carbocycles. The van der Waals surface area contributed by atoms with Gasteiger partial charge in [0.1, 0.15) is 5.60 Å². The summed E-state index contributed by atoms with van der Waals surface area (Å²) in [6.45, 7) is 5.15. The van der Waals surface area contributed by atoms with Crippen LogP contribution in [0.15, 0.2) is 4.52 Å². The van der Waals surface area contributed by atoms with Crippen LogP contribution in [0.25, 0.3) is 0 Å². The Kier molecular flexibility index (Phi) is 3.79. The van der Waals surface area contributed by atoms with Crippen LogP contribution in [0.2, 0.25) is 0 Å². The lowest BCUT2D eigenvalue weighted by atomic mass is 9.79. The van der Waals surface area contributed by atoms with E-state index in [9.17, 15) is 0 Å². The van der Waals surface area contributed by atoms with Gasteiger partial charge < -0.3 is 14.6 Å². The van der Waals surface area contributed by atoms with Gasteiger partial charge in [0, 0.05) is 19.6 Å². The van der Waals surface area contributed by atoms with Crippen LogP contribution in [0.1, 0.15) is 44.8 Å². The average molecular weight is 239 g/mol. The number of methoxy groups -OCH3 is 1. The summed E-state index contributed by atoms with van der Waals surface area (Å²) in [6.07, 6.45) is 3.92. The summed E-state index contributed by atoms with van der Waals surface area (Å²) < 4.78 is 10.8. The predicted molar refractivity (Wildman–Crippen MR) is 63.7 cm³/mol. The molecule has 17 heavy (non-hydrogen) atoms. The first-order valence-electron chi connectivity index (χ1n) is 6.32. The largest absolute Gasteiger partial charge is 0.370 e. The number of hydrogen-bond acceptors (Lipinski definition) is 5. The summed E-state index contributed by atoms with van der Waals surface area (Å²) in [5, 5.41) is 7.38. The van der Waals surface area contributed by atoms with E-state index in [2.05, 4.69) is 29.3 Å². The first-order chi connectivity index (χ1) is 8.20. The fraction of sp³-hybridized carbons (Fsp3) is 0.833. The second-order valence-electron chi connectivity index (χ2n) is 4.73. The SMILES string of the molecule is CCNC(C)Cc1nc(C2(OC)CCC2)no1. The fourth-order valence-electron chi connectivity index (χ4n) is 2.22. The normalized spacial score (nSPS) is 19.9. The molecule has 0 aliphatic heterocycles. The molecular weight excluding hydrogens is 218 g/mol. The molecule has 96 valence electrons. The quantitative estimate of drug-likeness (QED) is 0.817. The maximum atomic E-state index is 5.53. The average Bonchev–Trinajstić information content (AvgIpc) is 2.66. The number of nitrogens with zero attached hydrogens (tertiary/aromatic N) is 2. The van der Waals surface area contributed by atoms with Crippen molar-refractivity contribution in [2.45, 2.75) is 51.2 Å². The summed E-state index contributed by atoms with van der Waals surface area (Å²) in [5.74, 6) is 1.40. The van der Waals surface area contributed by atoms with Gasteiger partial charge in [0.25, 0.3) is 0 Å². The van der Waals surface area contributed by atoms with Gasteiger partial charge in [-0.05, 0) is 32.7 Å². The van der Waals surface area contributed by atoms with Crippen LogP contribution >= 0.6 is 0 Å². The molecule has 1 aromatic rings. The van der Waals surface area contributed by atoms with E-state index in [0.717, 1.165) is 25.8 Å². The van der Waals surface area contributed by atoms with Crippen molar-refractivity contribution in [3.8, 4) is 0 Å². The van der Waals surface area contributed by atoms with Crippen LogP contribution in [-0.2, 0) is 16.8 Å². The zero-order valence-electron chi connectivity index (χ0n) is 10.8. The van der Waals surface area contributed by atoms with Crippen molar-refractivity contribution >= 4 is 0 Å². The van der Waals surface area contributed by atoms with Crippen LogP contribution in [0.5, 0.6) is 0 Å². The summed E-state index contributed by atoms with van der Waals surface area (Å²) in [6, 6.07) is 0.355. The van der Waals surface area contributed by atoms with Crippen molar-refractivity contribution in [3.05, 3.63) is 11.7 Å². The molecule has 1 unspecified atom stereocenters. The third kappa shape index (κ3) is 2.50. The molecule has 0 radical (unpaired) electrons. The van der Waals surface area contributed by atoms with Crippen molar-refractivity contribution in [2.24, 2.45) is 0 Å². The molecule has 0 bridgehead atoms. The Balaban J connectivity index is 2.00. The van der Waals surface area contributed by atoms with E-state index >= 15 is 0 Å². The summed E-state index contributed by atoms with van der Waals surface area (Å²) in [4.78, 5) is 4.45. The molecule has 2 rings (SSSR count).